The Kier molecular flexibility index (Phi) is 3.08. The van der Waals surface area contributed by atoms with Gasteiger partial charge < -0.3 is 5.32 Å². The van der Waals surface area contributed by atoms with Gasteiger partial charge >= 0.3 is 0 Å². The lowest BCUT2D eigenvalue weighted by Crippen LogP contribution is -2.09. The Hall–Kier alpha value is -1.91. The SMILES string of the molecule is CC(C)Nc1cc(-c2ccc(F)c(F)c2)[nH]n1. The van der Waals surface area contributed by atoms with Crippen molar-refractivity contribution in [2.45, 2.75) is 19.9 Å². The molecule has 3 nitrogen and oxygen atoms in total. The molecule has 0 fully saturated rings. The van der Waals surface area contributed by atoms with Crippen LogP contribution in [0.5, 0.6) is 0 Å². The highest BCUT2D eigenvalue weighted by molar-refractivity contribution is 5.62. The van der Waals surface area contributed by atoms with E-state index in [2.05, 4.69) is 15.5 Å². The average molecular weight is 237 g/mol. The summed E-state index contributed by atoms with van der Waals surface area (Å²) in [5, 5.41) is 9.92. The van der Waals surface area contributed by atoms with Crippen molar-refractivity contribution in [3.8, 4) is 11.3 Å². The zero-order chi connectivity index (χ0) is 12.4. The molecule has 2 rings (SSSR count). The molecular formula is C12H13F2N3. The van der Waals surface area contributed by atoms with Crippen LogP contribution in [0.1, 0.15) is 13.8 Å². The summed E-state index contributed by atoms with van der Waals surface area (Å²) < 4.78 is 25.8. The second kappa shape index (κ2) is 4.53. The van der Waals surface area contributed by atoms with Gasteiger partial charge in [0.25, 0.3) is 0 Å². The smallest absolute Gasteiger partial charge is 0.159 e. The fourth-order valence-corrected chi connectivity index (χ4v) is 1.50. The number of halogens is 2. The van der Waals surface area contributed by atoms with E-state index in [1.54, 1.807) is 6.07 Å². The van der Waals surface area contributed by atoms with Gasteiger partial charge in [-0.2, -0.15) is 5.10 Å². The average Bonchev–Trinajstić information content (AvgIpc) is 2.69. The van der Waals surface area contributed by atoms with Gasteiger partial charge in [-0.1, -0.05) is 0 Å². The molecule has 0 aliphatic rings. The third-order valence-electron chi connectivity index (χ3n) is 2.25. The number of anilines is 1. The topological polar surface area (TPSA) is 40.7 Å². The Balaban J connectivity index is 2.27. The molecule has 0 radical (unpaired) electrons. The van der Waals surface area contributed by atoms with E-state index in [-0.39, 0.29) is 6.04 Å². The Morgan fingerprint density at radius 1 is 1.18 bits per heavy atom. The predicted molar refractivity (Wildman–Crippen MR) is 62.7 cm³/mol. The summed E-state index contributed by atoms with van der Waals surface area (Å²) in [6, 6.07) is 5.76. The number of aromatic nitrogens is 2. The zero-order valence-electron chi connectivity index (χ0n) is 9.59. The van der Waals surface area contributed by atoms with Crippen LogP contribution in [-0.2, 0) is 0 Å². The van der Waals surface area contributed by atoms with Gasteiger partial charge in [0.05, 0.1) is 5.69 Å². The van der Waals surface area contributed by atoms with E-state index in [1.807, 2.05) is 13.8 Å². The van der Waals surface area contributed by atoms with Crippen molar-refractivity contribution in [1.82, 2.24) is 10.2 Å². The molecule has 0 unspecified atom stereocenters. The van der Waals surface area contributed by atoms with E-state index in [0.29, 0.717) is 17.1 Å². The van der Waals surface area contributed by atoms with Crippen molar-refractivity contribution in [1.29, 1.82) is 0 Å². The molecule has 1 heterocycles. The van der Waals surface area contributed by atoms with Crippen molar-refractivity contribution in [2.24, 2.45) is 0 Å². The quantitative estimate of drug-likeness (QED) is 0.860. The molecule has 0 amide bonds. The Morgan fingerprint density at radius 3 is 2.59 bits per heavy atom. The van der Waals surface area contributed by atoms with Gasteiger partial charge in [0.1, 0.15) is 5.82 Å². The van der Waals surface area contributed by atoms with Crippen LogP contribution in [0.15, 0.2) is 24.3 Å². The summed E-state index contributed by atoms with van der Waals surface area (Å²) in [5.41, 5.74) is 1.21. The fraction of sp³-hybridized carbons (Fsp3) is 0.250. The van der Waals surface area contributed by atoms with Gasteiger partial charge in [-0.15, -0.1) is 0 Å². The number of aromatic amines is 1. The lowest BCUT2D eigenvalue weighted by molar-refractivity contribution is 0.509. The van der Waals surface area contributed by atoms with Crippen molar-refractivity contribution in [3.63, 3.8) is 0 Å². The molecule has 2 N–H and O–H groups in total. The summed E-state index contributed by atoms with van der Waals surface area (Å²) >= 11 is 0. The predicted octanol–water partition coefficient (Wildman–Crippen LogP) is 3.18. The Bertz CT molecular complexity index is 520. The monoisotopic (exact) mass is 237 g/mol. The number of rotatable bonds is 3. The lowest BCUT2D eigenvalue weighted by Gasteiger charge is -2.04. The van der Waals surface area contributed by atoms with E-state index in [0.717, 1.165) is 12.1 Å². The number of hydrogen-bond acceptors (Lipinski definition) is 2. The number of hydrogen-bond donors (Lipinski definition) is 2. The summed E-state index contributed by atoms with van der Waals surface area (Å²) in [5.74, 6) is -1.04. The van der Waals surface area contributed by atoms with Gasteiger partial charge in [-0.25, -0.2) is 8.78 Å². The lowest BCUT2D eigenvalue weighted by atomic mass is 10.1. The van der Waals surface area contributed by atoms with Crippen LogP contribution in [0.25, 0.3) is 11.3 Å². The van der Waals surface area contributed by atoms with Crippen LogP contribution in [0.3, 0.4) is 0 Å². The highest BCUT2D eigenvalue weighted by atomic mass is 19.2. The molecule has 0 atom stereocenters. The molecule has 0 saturated heterocycles. The molecule has 0 spiro atoms. The highest BCUT2D eigenvalue weighted by Crippen LogP contribution is 2.21. The number of nitrogens with zero attached hydrogens (tertiary/aromatic N) is 1. The number of nitrogens with one attached hydrogen (secondary N) is 2. The first-order chi connectivity index (χ1) is 8.06. The number of benzene rings is 1. The summed E-state index contributed by atoms with van der Waals surface area (Å²) in [6.07, 6.45) is 0. The molecule has 5 heteroatoms. The van der Waals surface area contributed by atoms with Crippen LogP contribution in [-0.4, -0.2) is 16.2 Å². The maximum Gasteiger partial charge on any atom is 0.159 e. The molecule has 0 bridgehead atoms. The van der Waals surface area contributed by atoms with E-state index >= 15 is 0 Å². The first-order valence-corrected chi connectivity index (χ1v) is 5.33. The standard InChI is InChI=1S/C12H13F2N3/c1-7(2)15-12-6-11(16-17-12)8-3-4-9(13)10(14)5-8/h3-7H,1-2H3,(H2,15,16,17). The van der Waals surface area contributed by atoms with Gasteiger partial charge in [0.15, 0.2) is 11.6 Å². The summed E-state index contributed by atoms with van der Waals surface area (Å²) in [4.78, 5) is 0. The van der Waals surface area contributed by atoms with Crippen molar-refractivity contribution >= 4 is 5.82 Å². The van der Waals surface area contributed by atoms with Gasteiger partial charge in [-0.3, -0.25) is 5.10 Å². The third kappa shape index (κ3) is 2.61. The van der Waals surface area contributed by atoms with Crippen molar-refractivity contribution in [3.05, 3.63) is 35.9 Å². The van der Waals surface area contributed by atoms with Crippen LogP contribution < -0.4 is 5.32 Å². The molecule has 0 aliphatic carbocycles. The van der Waals surface area contributed by atoms with Crippen LogP contribution in [0, 0.1) is 11.6 Å². The molecule has 17 heavy (non-hydrogen) atoms. The maximum atomic E-state index is 13.1. The maximum absolute atomic E-state index is 13.1. The van der Waals surface area contributed by atoms with Crippen LogP contribution in [0.2, 0.25) is 0 Å². The summed E-state index contributed by atoms with van der Waals surface area (Å²) in [7, 11) is 0. The third-order valence-corrected chi connectivity index (χ3v) is 2.25. The minimum absolute atomic E-state index is 0.260. The molecule has 0 aliphatic heterocycles. The zero-order valence-corrected chi connectivity index (χ0v) is 9.59. The Morgan fingerprint density at radius 2 is 1.94 bits per heavy atom. The first kappa shape index (κ1) is 11.6. The molecule has 1 aromatic heterocycles. The van der Waals surface area contributed by atoms with Gasteiger partial charge in [-0.05, 0) is 32.0 Å². The largest absolute Gasteiger partial charge is 0.366 e. The first-order valence-electron chi connectivity index (χ1n) is 5.33. The van der Waals surface area contributed by atoms with E-state index in [4.69, 9.17) is 0 Å². The van der Waals surface area contributed by atoms with E-state index < -0.39 is 11.6 Å². The van der Waals surface area contributed by atoms with Crippen molar-refractivity contribution in [2.75, 3.05) is 5.32 Å². The van der Waals surface area contributed by atoms with E-state index in [9.17, 15) is 8.78 Å². The molecule has 1 aromatic carbocycles. The van der Waals surface area contributed by atoms with Gasteiger partial charge in [0, 0.05) is 17.7 Å². The van der Waals surface area contributed by atoms with Crippen LogP contribution in [0.4, 0.5) is 14.6 Å². The molecule has 0 saturated carbocycles. The fourth-order valence-electron chi connectivity index (χ4n) is 1.50. The summed E-state index contributed by atoms with van der Waals surface area (Å²) in [6.45, 7) is 3.98. The minimum Gasteiger partial charge on any atom is -0.366 e. The van der Waals surface area contributed by atoms with Crippen LogP contribution >= 0.6 is 0 Å². The molecular weight excluding hydrogens is 224 g/mol. The minimum atomic E-state index is -0.865. The Labute approximate surface area is 97.9 Å². The van der Waals surface area contributed by atoms with Crippen molar-refractivity contribution < 1.29 is 8.78 Å². The van der Waals surface area contributed by atoms with Gasteiger partial charge in [0.2, 0.25) is 0 Å². The molecule has 90 valence electrons. The highest BCUT2D eigenvalue weighted by Gasteiger charge is 2.07. The second-order valence-electron chi connectivity index (χ2n) is 4.09. The van der Waals surface area contributed by atoms with E-state index in [1.165, 1.54) is 6.07 Å². The normalized spacial score (nSPS) is 10.9. The molecule has 2 aromatic rings. The second-order valence-corrected chi connectivity index (χ2v) is 4.09. The number of H-pyrrole nitrogens is 1.